The van der Waals surface area contributed by atoms with Crippen molar-refractivity contribution in [3.63, 3.8) is 0 Å². The summed E-state index contributed by atoms with van der Waals surface area (Å²) >= 11 is 1.71. The molecule has 9 nitrogen and oxygen atoms in total. The monoisotopic (exact) mass is 540 g/mol. The Labute approximate surface area is 226 Å². The first-order valence-electron chi connectivity index (χ1n) is 12.3. The van der Waals surface area contributed by atoms with Crippen molar-refractivity contribution in [2.24, 2.45) is 0 Å². The van der Waals surface area contributed by atoms with Crippen molar-refractivity contribution in [1.29, 1.82) is 0 Å². The smallest absolute Gasteiger partial charge is 0.336 e. The van der Waals surface area contributed by atoms with E-state index in [1.165, 1.54) is 25.3 Å². The summed E-state index contributed by atoms with van der Waals surface area (Å²) in [5.74, 6) is -1.25. The van der Waals surface area contributed by atoms with Gasteiger partial charge in [0.15, 0.2) is 0 Å². The molecule has 3 rings (SSSR count). The molecule has 0 radical (unpaired) electrons. The van der Waals surface area contributed by atoms with Crippen LogP contribution < -0.4 is 5.32 Å². The number of esters is 2. The molecule has 2 N–H and O–H groups in total. The lowest BCUT2D eigenvalue weighted by Crippen LogP contribution is -2.32. The number of allylic oxidation sites excluding steroid dienone is 2. The number of methoxy groups -OCH3 is 1. The first-order chi connectivity index (χ1) is 18.3. The van der Waals surface area contributed by atoms with Gasteiger partial charge in [-0.05, 0) is 62.1 Å². The van der Waals surface area contributed by atoms with Gasteiger partial charge >= 0.3 is 11.9 Å². The first kappa shape index (κ1) is 28.9. The van der Waals surface area contributed by atoms with Crippen LogP contribution in [0.3, 0.4) is 0 Å². The second-order valence-corrected chi connectivity index (χ2v) is 9.96. The lowest BCUT2D eigenvalue weighted by Gasteiger charge is -2.30. The highest BCUT2D eigenvalue weighted by molar-refractivity contribution is 7.99. The number of benzene rings is 2. The number of unbranched alkanes of at least 4 members (excludes halogenated alkanes) is 1. The van der Waals surface area contributed by atoms with Gasteiger partial charge in [-0.25, -0.2) is 9.59 Å². The van der Waals surface area contributed by atoms with E-state index in [1.54, 1.807) is 31.7 Å². The van der Waals surface area contributed by atoms with Crippen LogP contribution in [0, 0.1) is 10.1 Å². The molecule has 1 aliphatic heterocycles. The summed E-state index contributed by atoms with van der Waals surface area (Å²) in [7, 11) is 1.25. The van der Waals surface area contributed by atoms with Crippen LogP contribution in [0.5, 0.6) is 0 Å². The Bertz CT molecular complexity index is 1240. The minimum atomic E-state index is -0.875. The van der Waals surface area contributed by atoms with Crippen molar-refractivity contribution in [1.82, 2.24) is 5.32 Å². The van der Waals surface area contributed by atoms with Crippen LogP contribution in [0.15, 0.2) is 76.0 Å². The number of thioether (sulfide) groups is 1. The highest BCUT2D eigenvalue weighted by Crippen LogP contribution is 2.40. The minimum absolute atomic E-state index is 0.129. The van der Waals surface area contributed by atoms with Gasteiger partial charge in [-0.2, -0.15) is 0 Å². The summed E-state index contributed by atoms with van der Waals surface area (Å²) in [6.45, 7) is 3.73. The maximum atomic E-state index is 13.3. The normalized spacial score (nSPS) is 15.2. The molecule has 1 heterocycles. The molecule has 0 aliphatic carbocycles. The van der Waals surface area contributed by atoms with Crippen LogP contribution >= 0.6 is 11.8 Å². The molecule has 1 unspecified atom stereocenters. The molecule has 0 spiro atoms. The van der Waals surface area contributed by atoms with Gasteiger partial charge in [-0.15, -0.1) is 11.8 Å². The Kier molecular flexibility index (Phi) is 10.5. The lowest BCUT2D eigenvalue weighted by atomic mass is 9.80. The van der Waals surface area contributed by atoms with Gasteiger partial charge in [-0.3, -0.25) is 10.1 Å². The van der Waals surface area contributed by atoms with E-state index in [4.69, 9.17) is 14.6 Å². The molecule has 10 heteroatoms. The average Bonchev–Trinajstić information content (AvgIpc) is 2.90. The molecule has 0 saturated carbocycles. The largest absolute Gasteiger partial charge is 0.466 e. The number of non-ortho nitro benzene ring substituents is 1. The lowest BCUT2D eigenvalue weighted by molar-refractivity contribution is -0.384. The zero-order valence-electron chi connectivity index (χ0n) is 21.7. The molecule has 0 bridgehead atoms. The van der Waals surface area contributed by atoms with E-state index in [2.05, 4.69) is 5.32 Å². The maximum Gasteiger partial charge on any atom is 0.336 e. The number of hydrogen-bond donors (Lipinski definition) is 2. The number of nitrogens with one attached hydrogen (secondary N) is 1. The Morgan fingerprint density at radius 2 is 1.74 bits per heavy atom. The number of aliphatic hydroxyl groups is 1. The topological polar surface area (TPSA) is 128 Å². The molecule has 0 fully saturated rings. The van der Waals surface area contributed by atoms with Gasteiger partial charge in [0.25, 0.3) is 5.69 Å². The zero-order valence-corrected chi connectivity index (χ0v) is 22.5. The Morgan fingerprint density at radius 3 is 2.37 bits per heavy atom. The number of ether oxygens (including phenoxy) is 2. The third kappa shape index (κ3) is 7.23. The highest BCUT2D eigenvalue weighted by Gasteiger charge is 2.38. The number of carbonyl (C=O) groups excluding carboxylic acids is 2. The number of nitro benzene ring substituents is 1. The number of carbonyl (C=O) groups is 2. The van der Waals surface area contributed by atoms with Crippen LogP contribution in [0.25, 0.3) is 0 Å². The third-order valence-electron chi connectivity index (χ3n) is 6.16. The van der Waals surface area contributed by atoms with Crippen molar-refractivity contribution in [3.05, 3.63) is 92.3 Å². The van der Waals surface area contributed by atoms with Crippen LogP contribution in [-0.4, -0.2) is 48.0 Å². The summed E-state index contributed by atoms with van der Waals surface area (Å²) in [5.41, 5.74) is 2.80. The van der Waals surface area contributed by atoms with Crippen LogP contribution in [0.2, 0.25) is 0 Å². The fourth-order valence-electron chi connectivity index (χ4n) is 4.31. The number of dihydropyridines is 1. The summed E-state index contributed by atoms with van der Waals surface area (Å²) in [4.78, 5) is 38.0. The van der Waals surface area contributed by atoms with E-state index in [9.17, 15) is 19.7 Å². The molecule has 0 amide bonds. The summed E-state index contributed by atoms with van der Waals surface area (Å²) in [6, 6.07) is 14.0. The van der Waals surface area contributed by atoms with Gasteiger partial charge in [0.05, 0.1) is 35.7 Å². The fourth-order valence-corrected chi connectivity index (χ4v) is 5.23. The van der Waals surface area contributed by atoms with Crippen molar-refractivity contribution in [2.45, 2.75) is 43.9 Å². The van der Waals surface area contributed by atoms with Gasteiger partial charge < -0.3 is 19.9 Å². The average molecular weight is 541 g/mol. The van der Waals surface area contributed by atoms with Crippen LogP contribution in [0.1, 0.15) is 43.7 Å². The van der Waals surface area contributed by atoms with E-state index in [-0.39, 0.29) is 30.0 Å². The fraction of sp³-hybridized carbons (Fsp3) is 0.357. The van der Waals surface area contributed by atoms with Gasteiger partial charge in [0.1, 0.15) is 0 Å². The number of hydrogen-bond acceptors (Lipinski definition) is 9. The molecular formula is C28H32N2O7S. The summed E-state index contributed by atoms with van der Waals surface area (Å²) in [6.07, 6.45) is 2.12. The molecular weight excluding hydrogens is 508 g/mol. The Balaban J connectivity index is 1.67. The minimum Gasteiger partial charge on any atom is -0.466 e. The quantitative estimate of drug-likeness (QED) is 0.130. The van der Waals surface area contributed by atoms with E-state index in [0.29, 0.717) is 29.8 Å². The van der Waals surface area contributed by atoms with E-state index < -0.39 is 22.8 Å². The van der Waals surface area contributed by atoms with Crippen LogP contribution in [0.4, 0.5) is 5.69 Å². The van der Waals surface area contributed by atoms with Crippen molar-refractivity contribution in [3.8, 4) is 0 Å². The van der Waals surface area contributed by atoms with E-state index >= 15 is 0 Å². The second-order valence-electron chi connectivity index (χ2n) is 8.79. The van der Waals surface area contributed by atoms with Crippen molar-refractivity contribution >= 4 is 29.4 Å². The predicted molar refractivity (Wildman–Crippen MR) is 145 cm³/mol. The van der Waals surface area contributed by atoms with Gasteiger partial charge in [-0.1, -0.05) is 24.3 Å². The SMILES string of the molecule is COC(=O)C1=C(C)NC(C)=C(C(=O)OCCCCSc2ccc(CCO)cc2)C1c1cccc([N+](=O)[O-])c1. The summed E-state index contributed by atoms with van der Waals surface area (Å²) < 4.78 is 10.6. The first-order valence-corrected chi connectivity index (χ1v) is 13.3. The summed E-state index contributed by atoms with van der Waals surface area (Å²) in [5, 5.41) is 23.5. The van der Waals surface area contributed by atoms with Crippen molar-refractivity contribution in [2.75, 3.05) is 26.1 Å². The Morgan fingerprint density at radius 1 is 1.05 bits per heavy atom. The van der Waals surface area contributed by atoms with Crippen LogP contribution in [-0.2, 0) is 25.5 Å². The molecule has 202 valence electrons. The molecule has 38 heavy (non-hydrogen) atoms. The maximum absolute atomic E-state index is 13.3. The molecule has 0 saturated heterocycles. The molecule has 1 aliphatic rings. The standard InChI is InChI=1S/C28H32N2O7S/c1-18-24(27(32)36-3)26(21-7-6-8-22(17-21)30(34)35)25(19(2)29-18)28(33)37-15-4-5-16-38-23-11-9-20(10-12-23)13-14-31/h6-12,17,26,29,31H,4-5,13-16H2,1-3H3. The van der Waals surface area contributed by atoms with E-state index in [1.807, 2.05) is 24.3 Å². The van der Waals surface area contributed by atoms with Crippen molar-refractivity contribution < 1.29 is 29.1 Å². The molecule has 2 aromatic carbocycles. The van der Waals surface area contributed by atoms with E-state index in [0.717, 1.165) is 22.6 Å². The molecule has 2 aromatic rings. The van der Waals surface area contributed by atoms with Gasteiger partial charge in [0.2, 0.25) is 0 Å². The second kappa shape index (κ2) is 13.8. The molecule has 0 aromatic heterocycles. The number of aliphatic hydroxyl groups excluding tert-OH is 1. The number of nitro groups is 1. The third-order valence-corrected chi connectivity index (χ3v) is 7.26. The highest BCUT2D eigenvalue weighted by atomic mass is 32.2. The number of nitrogens with zero attached hydrogens (tertiary/aromatic N) is 1. The number of rotatable bonds is 12. The predicted octanol–water partition coefficient (Wildman–Crippen LogP) is 4.65. The molecule has 1 atom stereocenters. The zero-order chi connectivity index (χ0) is 27.7. The Hall–Kier alpha value is -3.63. The van der Waals surface area contributed by atoms with Gasteiger partial charge in [0, 0.05) is 35.0 Å².